The van der Waals surface area contributed by atoms with Crippen LogP contribution in [0.3, 0.4) is 0 Å². The molecule has 0 heterocycles. The lowest BCUT2D eigenvalue weighted by atomic mass is 10.6. The minimum absolute atomic E-state index is 0.422. The molecule has 0 spiro atoms. The number of hydrogen-bond donors (Lipinski definition) is 0. The van der Waals surface area contributed by atoms with E-state index in [0.29, 0.717) is 12.5 Å². The van der Waals surface area contributed by atoms with Crippen LogP contribution in [0.25, 0.3) is 0 Å². The lowest BCUT2D eigenvalue weighted by Crippen LogP contribution is -2.13. The van der Waals surface area contributed by atoms with Crippen LogP contribution in [0.5, 0.6) is 0 Å². The highest BCUT2D eigenvalue weighted by Crippen LogP contribution is 2.22. The van der Waals surface area contributed by atoms with Gasteiger partial charge in [0.1, 0.15) is 0 Å². The van der Waals surface area contributed by atoms with Gasteiger partial charge in [-0.25, -0.2) is 0 Å². The highest BCUT2D eigenvalue weighted by Gasteiger charge is 2.22. The molecule has 0 aromatic carbocycles. The van der Waals surface area contributed by atoms with Crippen molar-refractivity contribution in [2.24, 2.45) is 0 Å². The Bertz CT molecular complexity index is 138. The van der Waals surface area contributed by atoms with Crippen molar-refractivity contribution in [2.75, 3.05) is 0 Å². The molecule has 50 valence electrons. The van der Waals surface area contributed by atoms with Gasteiger partial charge in [-0.1, -0.05) is 5.70 Å². The van der Waals surface area contributed by atoms with Gasteiger partial charge in [0.05, 0.1) is 6.07 Å². The highest BCUT2D eigenvalue weighted by atomic mass is 35.7. The number of hydrogen-bond acceptors (Lipinski definition) is 1. The van der Waals surface area contributed by atoms with Gasteiger partial charge in [0.15, 0.2) is 0 Å². The van der Waals surface area contributed by atoms with Gasteiger partial charge in [-0.2, -0.15) is 5.26 Å². The zero-order chi connectivity index (χ0) is 7.33. The zero-order valence-corrected chi connectivity index (χ0v) is 7.41. The van der Waals surface area contributed by atoms with Gasteiger partial charge < -0.3 is 0 Å². The Balaban J connectivity index is 3.61. The SMILES string of the molecule is C=C[Si](Cl)(Cl)CCC#N. The van der Waals surface area contributed by atoms with Gasteiger partial charge in [-0.3, -0.25) is 0 Å². The second kappa shape index (κ2) is 3.94. The van der Waals surface area contributed by atoms with Gasteiger partial charge >= 0.3 is 0 Å². The van der Waals surface area contributed by atoms with Crippen LogP contribution in [0, 0.1) is 11.3 Å². The maximum atomic E-state index is 8.15. The monoisotopic (exact) mass is 179 g/mol. The Morgan fingerprint density at radius 3 is 2.56 bits per heavy atom. The molecule has 0 bridgehead atoms. The molecule has 0 aromatic heterocycles. The molecule has 0 radical (unpaired) electrons. The largest absolute Gasteiger partial charge is 0.274 e. The summed E-state index contributed by atoms with van der Waals surface area (Å²) in [6.07, 6.45) is 0.422. The first-order valence-corrected chi connectivity index (χ1v) is 6.81. The fourth-order valence-electron chi connectivity index (χ4n) is 0.325. The van der Waals surface area contributed by atoms with Crippen LogP contribution in [0.2, 0.25) is 6.04 Å². The molecule has 0 aliphatic carbocycles. The predicted octanol–water partition coefficient (Wildman–Crippen LogP) is 2.55. The average molecular weight is 180 g/mol. The quantitative estimate of drug-likeness (QED) is 0.483. The number of nitrogens with zero attached hydrogens (tertiary/aromatic N) is 1. The lowest BCUT2D eigenvalue weighted by molar-refractivity contribution is 1.20. The molecule has 0 rings (SSSR count). The first kappa shape index (κ1) is 9.03. The average Bonchev–Trinajstić information content (AvgIpc) is 1.84. The van der Waals surface area contributed by atoms with Gasteiger partial charge in [-0.05, 0) is 6.04 Å². The van der Waals surface area contributed by atoms with E-state index in [1.807, 2.05) is 6.07 Å². The van der Waals surface area contributed by atoms with Crippen LogP contribution in [-0.2, 0) is 0 Å². The molecule has 0 fully saturated rings. The fraction of sp³-hybridized carbons (Fsp3) is 0.400. The van der Waals surface area contributed by atoms with E-state index in [9.17, 15) is 0 Å². The third-order valence-corrected chi connectivity index (χ3v) is 4.44. The smallest absolute Gasteiger partial charge is 0.198 e. The molecule has 4 heteroatoms. The summed E-state index contributed by atoms with van der Waals surface area (Å²) in [6, 6.07) is 2.56. The number of rotatable bonds is 3. The van der Waals surface area contributed by atoms with Crippen molar-refractivity contribution >= 4 is 28.9 Å². The van der Waals surface area contributed by atoms with Crippen molar-refractivity contribution in [2.45, 2.75) is 12.5 Å². The first-order valence-electron chi connectivity index (χ1n) is 2.51. The van der Waals surface area contributed by atoms with E-state index in [1.54, 1.807) is 5.70 Å². The van der Waals surface area contributed by atoms with E-state index in [2.05, 4.69) is 6.58 Å². The summed E-state index contributed by atoms with van der Waals surface area (Å²) in [5, 5.41) is 8.15. The van der Waals surface area contributed by atoms with Crippen molar-refractivity contribution in [1.82, 2.24) is 0 Å². The second-order valence-corrected chi connectivity index (χ2v) is 8.68. The number of nitriles is 1. The van der Waals surface area contributed by atoms with Crippen LogP contribution in [0.4, 0.5) is 0 Å². The Morgan fingerprint density at radius 2 is 2.22 bits per heavy atom. The molecule has 0 saturated heterocycles. The Morgan fingerprint density at radius 1 is 1.67 bits per heavy atom. The van der Waals surface area contributed by atoms with E-state index in [-0.39, 0.29) is 0 Å². The van der Waals surface area contributed by atoms with Crippen LogP contribution < -0.4 is 0 Å². The summed E-state index contributed by atoms with van der Waals surface area (Å²) in [5.74, 6) is 0. The Labute approximate surface area is 65.3 Å². The molecule has 1 nitrogen and oxygen atoms in total. The van der Waals surface area contributed by atoms with Crippen LogP contribution >= 0.6 is 22.2 Å². The van der Waals surface area contributed by atoms with E-state index in [0.717, 1.165) is 0 Å². The van der Waals surface area contributed by atoms with Gasteiger partial charge in [0.2, 0.25) is 0 Å². The summed E-state index contributed by atoms with van der Waals surface area (Å²) in [6.45, 7) is 1.26. The van der Waals surface area contributed by atoms with Crippen molar-refractivity contribution in [3.8, 4) is 6.07 Å². The molecule has 0 aliphatic heterocycles. The molecule has 0 aromatic rings. The summed E-state index contributed by atoms with van der Waals surface area (Å²) < 4.78 is 0. The van der Waals surface area contributed by atoms with Crippen molar-refractivity contribution in [1.29, 1.82) is 5.26 Å². The summed E-state index contributed by atoms with van der Waals surface area (Å²) in [5.41, 5.74) is 1.56. The van der Waals surface area contributed by atoms with E-state index in [1.165, 1.54) is 0 Å². The summed E-state index contributed by atoms with van der Waals surface area (Å²) in [4.78, 5) is 0. The second-order valence-electron chi connectivity index (χ2n) is 1.62. The van der Waals surface area contributed by atoms with Crippen LogP contribution in [0.1, 0.15) is 6.42 Å². The predicted molar refractivity (Wildman–Crippen MR) is 42.7 cm³/mol. The first-order chi connectivity index (χ1) is 4.12. The van der Waals surface area contributed by atoms with Crippen molar-refractivity contribution in [3.63, 3.8) is 0 Å². The highest BCUT2D eigenvalue weighted by molar-refractivity contribution is 7.47. The van der Waals surface area contributed by atoms with Gasteiger partial charge in [0.25, 0.3) is 6.69 Å². The third kappa shape index (κ3) is 4.53. The van der Waals surface area contributed by atoms with Gasteiger partial charge in [0, 0.05) is 6.42 Å². The molecular weight excluding hydrogens is 173 g/mol. The number of halogens is 2. The van der Waals surface area contributed by atoms with Crippen molar-refractivity contribution < 1.29 is 0 Å². The van der Waals surface area contributed by atoms with E-state index < -0.39 is 6.69 Å². The molecular formula is C5H7Cl2NSi. The molecule has 0 saturated carbocycles. The Hall–Kier alpha value is 0.0269. The maximum Gasteiger partial charge on any atom is 0.274 e. The topological polar surface area (TPSA) is 23.8 Å². The minimum atomic E-state index is -2.21. The normalized spacial score (nSPS) is 10.3. The standard InChI is InChI=1S/C5H7Cl2NSi/c1-2-9(6,7)5-3-4-8/h2H,1,3,5H2. The molecule has 0 aliphatic rings. The summed E-state index contributed by atoms with van der Waals surface area (Å²) in [7, 11) is 0. The van der Waals surface area contributed by atoms with Gasteiger partial charge in [-0.15, -0.1) is 28.7 Å². The molecule has 0 unspecified atom stereocenters. The molecule has 0 amide bonds. The Kier molecular flexibility index (Phi) is 3.95. The maximum absolute atomic E-state index is 8.15. The lowest BCUT2D eigenvalue weighted by Gasteiger charge is -2.06. The van der Waals surface area contributed by atoms with E-state index in [4.69, 9.17) is 27.4 Å². The fourth-order valence-corrected chi connectivity index (χ4v) is 1.54. The van der Waals surface area contributed by atoms with E-state index >= 15 is 0 Å². The van der Waals surface area contributed by atoms with Crippen LogP contribution in [-0.4, -0.2) is 6.69 Å². The van der Waals surface area contributed by atoms with Crippen LogP contribution in [0.15, 0.2) is 12.3 Å². The molecule has 0 atom stereocenters. The zero-order valence-electron chi connectivity index (χ0n) is 4.90. The molecule has 9 heavy (non-hydrogen) atoms. The van der Waals surface area contributed by atoms with Crippen molar-refractivity contribution in [3.05, 3.63) is 12.3 Å². The third-order valence-electron chi connectivity index (χ3n) is 0.869. The molecule has 0 N–H and O–H groups in total. The summed E-state index contributed by atoms with van der Waals surface area (Å²) >= 11 is 11.5. The minimum Gasteiger partial charge on any atom is -0.198 e.